The number of rotatable bonds is 10. The Morgan fingerprint density at radius 1 is 0.565 bits per heavy atom. The number of carbonyl (C=O) groups is 2. The molecule has 0 spiro atoms. The summed E-state index contributed by atoms with van der Waals surface area (Å²) in [6.07, 6.45) is 20.7. The number of aliphatic hydroxyl groups excluding tert-OH is 2. The van der Waals surface area contributed by atoms with Crippen LogP contribution in [0.1, 0.15) is 198 Å². The molecule has 0 aromatic carbocycles. The van der Waals surface area contributed by atoms with Gasteiger partial charge < -0.3 is 30.6 Å². The van der Waals surface area contributed by atoms with Gasteiger partial charge in [0.15, 0.2) is 11.6 Å². The fourth-order valence-corrected chi connectivity index (χ4v) is 16.7. The Kier molecular flexibility index (Phi) is 13.1. The van der Waals surface area contributed by atoms with E-state index in [4.69, 9.17) is 0 Å². The van der Waals surface area contributed by atoms with Crippen LogP contribution >= 0.6 is 0 Å². The molecule has 0 radical (unpaired) electrons. The average molecular weight is 865 g/mol. The Bertz CT molecular complexity index is 1630. The quantitative estimate of drug-likeness (QED) is 0.127. The third-order valence-electron chi connectivity index (χ3n) is 20.6. The van der Waals surface area contributed by atoms with Crippen molar-refractivity contribution < 1.29 is 40.2 Å². The zero-order chi connectivity index (χ0) is 45.6. The highest BCUT2D eigenvalue weighted by molar-refractivity contribution is 5.95. The summed E-state index contributed by atoms with van der Waals surface area (Å²) >= 11 is 0. The van der Waals surface area contributed by atoms with E-state index >= 15 is 0 Å². The molecule has 352 valence electrons. The molecule has 0 bridgehead atoms. The molecule has 0 aliphatic heterocycles. The SMILES string of the molecule is C[C@H](CCCC(C)(C)O)[C@H]1CC[C@@]2(O)C3=CC(=O)[C@@H]4C[C@@H](O)CC[C@]4(C)[C@H]3CC[C@]12C.C[C@H](CCCC(C)(C)O)[C@H]1CC[C@@]2(O)C3=CC(=O)[C@@H]4C[C@@H](O)CC[C@]4(C)[C@H]3CC[C@]12C. The predicted octanol–water partition coefficient (Wildman–Crippen LogP) is 9.60. The van der Waals surface area contributed by atoms with E-state index in [9.17, 15) is 40.2 Å². The Morgan fingerprint density at radius 2 is 0.919 bits per heavy atom. The molecule has 16 atom stereocenters. The number of carbonyl (C=O) groups excluding carboxylic acids is 2. The van der Waals surface area contributed by atoms with Crippen LogP contribution in [0.5, 0.6) is 0 Å². The van der Waals surface area contributed by atoms with Gasteiger partial charge in [0.05, 0.1) is 34.6 Å². The maximum Gasteiger partial charge on any atom is 0.159 e. The molecule has 0 unspecified atom stereocenters. The predicted molar refractivity (Wildman–Crippen MR) is 245 cm³/mol. The second kappa shape index (κ2) is 16.7. The Morgan fingerprint density at radius 3 is 1.26 bits per heavy atom. The molecule has 6 fully saturated rings. The van der Waals surface area contributed by atoms with Crippen molar-refractivity contribution in [2.24, 2.45) is 69.0 Å². The highest BCUT2D eigenvalue weighted by atomic mass is 16.3. The van der Waals surface area contributed by atoms with Crippen LogP contribution < -0.4 is 0 Å². The summed E-state index contributed by atoms with van der Waals surface area (Å²) in [7, 11) is 0. The summed E-state index contributed by atoms with van der Waals surface area (Å²) in [6, 6.07) is 0. The molecule has 0 aromatic rings. The van der Waals surface area contributed by atoms with Gasteiger partial charge >= 0.3 is 0 Å². The largest absolute Gasteiger partial charge is 0.393 e. The molecule has 8 aliphatic rings. The van der Waals surface area contributed by atoms with E-state index < -0.39 is 22.4 Å². The minimum Gasteiger partial charge on any atom is -0.393 e. The van der Waals surface area contributed by atoms with Gasteiger partial charge in [0.2, 0.25) is 0 Å². The number of fused-ring (bicyclic) bond motifs is 10. The molecular formula is C54H88O8. The van der Waals surface area contributed by atoms with Gasteiger partial charge in [0.1, 0.15) is 0 Å². The van der Waals surface area contributed by atoms with E-state index in [2.05, 4.69) is 41.5 Å². The zero-order valence-corrected chi connectivity index (χ0v) is 40.6. The van der Waals surface area contributed by atoms with Crippen molar-refractivity contribution in [1.29, 1.82) is 0 Å². The van der Waals surface area contributed by atoms with Crippen LogP contribution in [0.4, 0.5) is 0 Å². The molecule has 8 rings (SSSR count). The number of hydrogen-bond acceptors (Lipinski definition) is 8. The summed E-state index contributed by atoms with van der Waals surface area (Å²) in [5.74, 6) is 2.43. The van der Waals surface area contributed by atoms with Gasteiger partial charge in [-0.2, -0.15) is 0 Å². The molecule has 0 amide bonds. The van der Waals surface area contributed by atoms with Gasteiger partial charge in [-0.05, 0) is 200 Å². The number of allylic oxidation sites excluding steroid dienone is 2. The van der Waals surface area contributed by atoms with Crippen molar-refractivity contribution in [1.82, 2.24) is 0 Å². The molecule has 0 saturated heterocycles. The smallest absolute Gasteiger partial charge is 0.159 e. The van der Waals surface area contributed by atoms with E-state index in [0.717, 1.165) is 127 Å². The van der Waals surface area contributed by atoms with Gasteiger partial charge in [-0.1, -0.05) is 67.2 Å². The summed E-state index contributed by atoms with van der Waals surface area (Å²) in [5.41, 5.74) is -1.62. The van der Waals surface area contributed by atoms with E-state index in [1.165, 1.54) is 0 Å². The van der Waals surface area contributed by atoms with Crippen molar-refractivity contribution in [2.75, 3.05) is 0 Å². The van der Waals surface area contributed by atoms with Crippen molar-refractivity contribution in [2.45, 2.75) is 232 Å². The highest BCUT2D eigenvalue weighted by Crippen LogP contribution is 2.70. The lowest BCUT2D eigenvalue weighted by Gasteiger charge is -2.59. The van der Waals surface area contributed by atoms with Crippen molar-refractivity contribution in [3.8, 4) is 0 Å². The topological polar surface area (TPSA) is 156 Å². The summed E-state index contributed by atoms with van der Waals surface area (Å²) in [5, 5.41) is 64.9. The van der Waals surface area contributed by atoms with Gasteiger partial charge in [-0.25, -0.2) is 0 Å². The molecule has 6 saturated carbocycles. The monoisotopic (exact) mass is 865 g/mol. The first-order valence-corrected chi connectivity index (χ1v) is 25.4. The minimum atomic E-state index is -0.884. The van der Waals surface area contributed by atoms with Crippen molar-refractivity contribution >= 4 is 11.6 Å². The fourth-order valence-electron chi connectivity index (χ4n) is 16.7. The Balaban J connectivity index is 0.000000186. The Hall–Kier alpha value is -1.42. The lowest BCUT2D eigenvalue weighted by Crippen LogP contribution is -2.59. The second-order valence-corrected chi connectivity index (χ2v) is 25.4. The third-order valence-corrected chi connectivity index (χ3v) is 20.6. The molecular weight excluding hydrogens is 777 g/mol. The summed E-state index contributed by atoms with van der Waals surface area (Å²) < 4.78 is 0. The van der Waals surface area contributed by atoms with Crippen LogP contribution in [0.3, 0.4) is 0 Å². The third kappa shape index (κ3) is 8.13. The van der Waals surface area contributed by atoms with Gasteiger partial charge in [0.25, 0.3) is 0 Å². The van der Waals surface area contributed by atoms with E-state index in [1.54, 1.807) is 0 Å². The Labute approximate surface area is 375 Å². The summed E-state index contributed by atoms with van der Waals surface area (Å²) in [6.45, 7) is 21.2. The molecule has 0 heterocycles. The van der Waals surface area contributed by atoms with Crippen LogP contribution in [0, 0.1) is 69.0 Å². The lowest BCUT2D eigenvalue weighted by molar-refractivity contribution is -0.141. The van der Waals surface area contributed by atoms with E-state index in [-0.39, 0.29) is 69.1 Å². The standard InChI is InChI=1S/2C27H44O4/c2*1-17(7-6-11-24(2,3)30)19-10-14-27(31)21-16-23(29)22-15-18(28)8-12-25(22,4)20(21)9-13-26(19,27)5/h2*16-20,22,28,30-31H,6-15H2,1-5H3/t2*17-,18+,19-,20+,22+,25-,26-,27-/m11/s1. The highest BCUT2D eigenvalue weighted by Gasteiger charge is 2.68. The normalized spacial score (nSPS) is 46.1. The van der Waals surface area contributed by atoms with Crippen LogP contribution in [0.15, 0.2) is 23.3 Å². The number of hydrogen-bond donors (Lipinski definition) is 6. The first kappa shape index (κ1) is 48.5. The lowest BCUT2D eigenvalue weighted by atomic mass is 9.46. The molecule has 0 aromatic heterocycles. The van der Waals surface area contributed by atoms with E-state index in [1.807, 2.05) is 39.8 Å². The van der Waals surface area contributed by atoms with Gasteiger partial charge in [-0.15, -0.1) is 0 Å². The van der Waals surface area contributed by atoms with Crippen molar-refractivity contribution in [3.05, 3.63) is 23.3 Å². The first-order chi connectivity index (χ1) is 28.6. The van der Waals surface area contributed by atoms with Crippen molar-refractivity contribution in [3.63, 3.8) is 0 Å². The number of ketones is 2. The van der Waals surface area contributed by atoms with Crippen LogP contribution in [-0.4, -0.2) is 76.8 Å². The van der Waals surface area contributed by atoms with Crippen LogP contribution in [-0.2, 0) is 9.59 Å². The van der Waals surface area contributed by atoms with Crippen LogP contribution in [0.25, 0.3) is 0 Å². The summed E-state index contributed by atoms with van der Waals surface area (Å²) in [4.78, 5) is 26.4. The first-order valence-electron chi connectivity index (χ1n) is 25.4. The minimum absolute atomic E-state index is 0.101. The molecule has 6 N–H and O–H groups in total. The van der Waals surface area contributed by atoms with Gasteiger partial charge in [0, 0.05) is 22.7 Å². The average Bonchev–Trinajstić information content (AvgIpc) is 3.62. The fraction of sp³-hybridized carbons (Fsp3) is 0.889. The molecule has 62 heavy (non-hydrogen) atoms. The second-order valence-electron chi connectivity index (χ2n) is 25.4. The zero-order valence-electron chi connectivity index (χ0n) is 40.6. The maximum absolute atomic E-state index is 13.2. The van der Waals surface area contributed by atoms with Gasteiger partial charge in [-0.3, -0.25) is 9.59 Å². The molecule has 8 nitrogen and oxygen atoms in total. The van der Waals surface area contributed by atoms with Crippen LogP contribution in [0.2, 0.25) is 0 Å². The maximum atomic E-state index is 13.2. The van der Waals surface area contributed by atoms with E-state index in [0.29, 0.717) is 36.5 Å². The number of aliphatic hydroxyl groups is 6. The molecule has 8 aliphatic carbocycles. The molecule has 8 heteroatoms.